The molecule has 0 radical (unpaired) electrons. The second-order valence-corrected chi connectivity index (χ2v) is 8.30. The van der Waals surface area contributed by atoms with Crippen molar-refractivity contribution in [1.82, 2.24) is 4.90 Å². The summed E-state index contributed by atoms with van der Waals surface area (Å²) in [5.74, 6) is 0.781. The molecule has 0 saturated carbocycles. The largest absolute Gasteiger partial charge is 0.494 e. The van der Waals surface area contributed by atoms with Gasteiger partial charge in [0.1, 0.15) is 18.4 Å². The van der Waals surface area contributed by atoms with E-state index in [9.17, 15) is 4.79 Å². The van der Waals surface area contributed by atoms with Crippen molar-refractivity contribution in [3.63, 3.8) is 0 Å². The average Bonchev–Trinajstić information content (AvgIpc) is 3.31. The molecule has 0 N–H and O–H groups in total. The van der Waals surface area contributed by atoms with Crippen molar-refractivity contribution in [2.24, 2.45) is 0 Å². The predicted octanol–water partition coefficient (Wildman–Crippen LogP) is 5.25. The van der Waals surface area contributed by atoms with Crippen LogP contribution in [0.1, 0.15) is 36.0 Å². The quantitative estimate of drug-likeness (QED) is 0.326. The first-order valence-electron chi connectivity index (χ1n) is 11.5. The van der Waals surface area contributed by atoms with Crippen molar-refractivity contribution in [3.8, 4) is 5.75 Å². The van der Waals surface area contributed by atoms with Gasteiger partial charge in [0, 0.05) is 6.54 Å². The molecule has 3 aromatic carbocycles. The van der Waals surface area contributed by atoms with Crippen molar-refractivity contribution < 1.29 is 14.3 Å². The summed E-state index contributed by atoms with van der Waals surface area (Å²) in [5, 5.41) is 0. The molecule has 166 valence electrons. The van der Waals surface area contributed by atoms with Gasteiger partial charge in [-0.15, -0.1) is 0 Å². The van der Waals surface area contributed by atoms with Gasteiger partial charge in [0.2, 0.25) is 0 Å². The van der Waals surface area contributed by atoms with Gasteiger partial charge >= 0.3 is 5.97 Å². The highest BCUT2D eigenvalue weighted by Crippen LogP contribution is 2.20. The maximum absolute atomic E-state index is 12.6. The first-order valence-corrected chi connectivity index (χ1v) is 11.5. The van der Waals surface area contributed by atoms with Crippen LogP contribution in [-0.4, -0.2) is 36.6 Å². The van der Waals surface area contributed by atoms with Crippen molar-refractivity contribution >= 4 is 5.97 Å². The number of rotatable bonds is 10. The first-order chi connectivity index (χ1) is 15.8. The van der Waals surface area contributed by atoms with Crippen molar-refractivity contribution in [2.75, 3.05) is 19.7 Å². The number of benzene rings is 3. The Bertz CT molecular complexity index is 957. The number of hydrogen-bond acceptors (Lipinski definition) is 4. The van der Waals surface area contributed by atoms with Crippen LogP contribution < -0.4 is 4.74 Å². The number of hydrogen-bond donors (Lipinski definition) is 0. The number of carbonyl (C=O) groups is 1. The number of nitrogens with zero attached hydrogens (tertiary/aromatic N) is 1. The van der Waals surface area contributed by atoms with E-state index in [1.807, 2.05) is 48.5 Å². The maximum Gasteiger partial charge on any atom is 0.323 e. The summed E-state index contributed by atoms with van der Waals surface area (Å²) in [7, 11) is 0. The van der Waals surface area contributed by atoms with Gasteiger partial charge in [-0.05, 0) is 61.1 Å². The first kappa shape index (κ1) is 22.1. The topological polar surface area (TPSA) is 38.8 Å². The predicted molar refractivity (Wildman–Crippen MR) is 127 cm³/mol. The van der Waals surface area contributed by atoms with E-state index >= 15 is 0 Å². The van der Waals surface area contributed by atoms with Gasteiger partial charge < -0.3 is 9.47 Å². The Hall–Kier alpha value is -3.11. The number of likely N-dealkylation sites (tertiary alicyclic amines) is 1. The molecule has 32 heavy (non-hydrogen) atoms. The van der Waals surface area contributed by atoms with Crippen LogP contribution in [0.15, 0.2) is 84.9 Å². The van der Waals surface area contributed by atoms with Gasteiger partial charge in [-0.1, -0.05) is 72.8 Å². The molecule has 0 spiro atoms. The average molecular weight is 430 g/mol. The third-order valence-electron chi connectivity index (χ3n) is 5.89. The molecule has 1 saturated heterocycles. The van der Waals surface area contributed by atoms with Gasteiger partial charge in [-0.2, -0.15) is 0 Å². The third kappa shape index (κ3) is 6.44. The van der Waals surface area contributed by atoms with E-state index in [0.29, 0.717) is 13.2 Å². The maximum atomic E-state index is 12.6. The monoisotopic (exact) mass is 429 g/mol. The fourth-order valence-corrected chi connectivity index (χ4v) is 4.18. The Labute approximate surface area is 190 Å². The number of ether oxygens (including phenoxy) is 2. The lowest BCUT2D eigenvalue weighted by molar-refractivity contribution is -0.150. The molecule has 1 aliphatic heterocycles. The molecule has 1 heterocycles. The highest BCUT2D eigenvalue weighted by molar-refractivity contribution is 5.76. The van der Waals surface area contributed by atoms with Crippen LogP contribution in [0.25, 0.3) is 0 Å². The fourth-order valence-electron chi connectivity index (χ4n) is 4.18. The van der Waals surface area contributed by atoms with E-state index in [2.05, 4.69) is 41.3 Å². The lowest BCUT2D eigenvalue weighted by Gasteiger charge is -2.23. The van der Waals surface area contributed by atoms with Crippen molar-refractivity contribution in [3.05, 3.63) is 102 Å². The van der Waals surface area contributed by atoms with Gasteiger partial charge in [0.25, 0.3) is 0 Å². The highest BCUT2D eigenvalue weighted by Gasteiger charge is 2.31. The summed E-state index contributed by atoms with van der Waals surface area (Å²) in [6, 6.07) is 28.5. The normalized spacial score (nSPS) is 16.1. The van der Waals surface area contributed by atoms with Crippen LogP contribution >= 0.6 is 0 Å². The van der Waals surface area contributed by atoms with Crippen molar-refractivity contribution in [1.29, 1.82) is 0 Å². The SMILES string of the molecule is O=C(OCc1ccccc1)[C@@H]1CCCN1CCCOc1ccc(Cc2ccccc2)cc1. The zero-order valence-electron chi connectivity index (χ0n) is 18.5. The lowest BCUT2D eigenvalue weighted by atomic mass is 10.1. The molecular weight excluding hydrogens is 398 g/mol. The second kappa shape index (κ2) is 11.5. The zero-order valence-corrected chi connectivity index (χ0v) is 18.5. The summed E-state index contributed by atoms with van der Waals surface area (Å²) in [6.45, 7) is 2.77. The van der Waals surface area contributed by atoms with Crippen LogP contribution in [-0.2, 0) is 22.6 Å². The zero-order chi connectivity index (χ0) is 22.0. The van der Waals surface area contributed by atoms with Crippen LogP contribution in [0.5, 0.6) is 5.75 Å². The molecule has 3 aromatic rings. The summed E-state index contributed by atoms with van der Waals surface area (Å²) in [5.41, 5.74) is 3.61. The summed E-state index contributed by atoms with van der Waals surface area (Å²) in [4.78, 5) is 14.8. The molecule has 1 fully saturated rings. The minimum absolute atomic E-state index is 0.110. The smallest absolute Gasteiger partial charge is 0.323 e. The minimum Gasteiger partial charge on any atom is -0.494 e. The Morgan fingerprint density at radius 3 is 2.22 bits per heavy atom. The highest BCUT2D eigenvalue weighted by atomic mass is 16.5. The Balaban J connectivity index is 1.17. The number of carbonyl (C=O) groups excluding carboxylic acids is 1. The van der Waals surface area contributed by atoms with E-state index in [4.69, 9.17) is 9.47 Å². The Morgan fingerprint density at radius 1 is 0.844 bits per heavy atom. The molecule has 0 bridgehead atoms. The van der Waals surface area contributed by atoms with E-state index in [1.165, 1.54) is 11.1 Å². The van der Waals surface area contributed by atoms with E-state index in [-0.39, 0.29) is 12.0 Å². The van der Waals surface area contributed by atoms with Crippen LogP contribution in [0.2, 0.25) is 0 Å². The van der Waals surface area contributed by atoms with Gasteiger partial charge in [0.15, 0.2) is 0 Å². The second-order valence-electron chi connectivity index (χ2n) is 8.30. The summed E-state index contributed by atoms with van der Waals surface area (Å²) < 4.78 is 11.5. The fraction of sp³-hybridized carbons (Fsp3) is 0.321. The van der Waals surface area contributed by atoms with Crippen LogP contribution in [0.4, 0.5) is 0 Å². The van der Waals surface area contributed by atoms with Gasteiger partial charge in [-0.25, -0.2) is 0 Å². The molecular formula is C28H31NO3. The van der Waals surface area contributed by atoms with E-state index < -0.39 is 0 Å². The summed E-state index contributed by atoms with van der Waals surface area (Å²) >= 11 is 0. The van der Waals surface area contributed by atoms with Crippen LogP contribution in [0.3, 0.4) is 0 Å². The number of esters is 1. The van der Waals surface area contributed by atoms with E-state index in [0.717, 1.165) is 50.1 Å². The molecule has 0 aliphatic carbocycles. The van der Waals surface area contributed by atoms with E-state index in [1.54, 1.807) is 0 Å². The molecule has 1 atom stereocenters. The molecule has 1 aliphatic rings. The molecule has 0 amide bonds. The minimum atomic E-state index is -0.129. The molecule has 4 nitrogen and oxygen atoms in total. The Kier molecular flexibility index (Phi) is 7.94. The van der Waals surface area contributed by atoms with Gasteiger partial charge in [0.05, 0.1) is 6.61 Å². The lowest BCUT2D eigenvalue weighted by Crippen LogP contribution is -2.38. The molecule has 0 aromatic heterocycles. The standard InChI is InChI=1S/C28H31NO3/c30-28(32-22-25-11-5-2-6-12-25)27-13-7-18-29(27)19-8-20-31-26-16-14-24(15-17-26)21-23-9-3-1-4-10-23/h1-6,9-12,14-17,27H,7-8,13,18-22H2/t27-/m0/s1. The van der Waals surface area contributed by atoms with Gasteiger partial charge in [-0.3, -0.25) is 9.69 Å². The Morgan fingerprint density at radius 2 is 1.50 bits per heavy atom. The third-order valence-corrected chi connectivity index (χ3v) is 5.89. The molecule has 4 rings (SSSR count). The van der Waals surface area contributed by atoms with Crippen molar-refractivity contribution in [2.45, 2.75) is 38.3 Å². The molecule has 4 heteroatoms. The van der Waals surface area contributed by atoms with Crippen LogP contribution in [0, 0.1) is 0 Å². The molecule has 0 unspecified atom stereocenters. The summed E-state index contributed by atoms with van der Waals surface area (Å²) in [6.07, 6.45) is 3.72.